The first-order chi connectivity index (χ1) is 7.58. The Bertz CT molecular complexity index is 591. The maximum absolute atomic E-state index is 6.00. The molecular weight excluding hydrogens is 373 g/mol. The lowest BCUT2D eigenvalue weighted by molar-refractivity contribution is 1.39. The van der Waals surface area contributed by atoms with E-state index in [0.29, 0.717) is 19.1 Å². The van der Waals surface area contributed by atoms with Gasteiger partial charge in [-0.05, 0) is 34.1 Å². The Kier molecular flexibility index (Phi) is 4.32. The molecule has 0 bridgehead atoms. The Balaban J connectivity index is 2.55. The maximum Gasteiger partial charge on any atom is 0.147 e. The van der Waals surface area contributed by atoms with Crippen LogP contribution in [0.25, 0.3) is 0 Å². The molecule has 1 nitrogen and oxygen atoms in total. The van der Waals surface area contributed by atoms with E-state index >= 15 is 0 Å². The predicted molar refractivity (Wildman–Crippen MR) is 76.6 cm³/mol. The zero-order valence-corrected chi connectivity index (χ0v) is 13.0. The van der Waals surface area contributed by atoms with Crippen molar-refractivity contribution in [1.29, 1.82) is 0 Å². The monoisotopic (exact) mass is 373 g/mol. The summed E-state index contributed by atoms with van der Waals surface area (Å²) in [5.41, 5.74) is 0.775. The summed E-state index contributed by atoms with van der Waals surface area (Å²) < 4.78 is 2.10. The molecule has 2 rings (SSSR count). The molecule has 1 heterocycles. The molecule has 1 aromatic heterocycles. The van der Waals surface area contributed by atoms with Gasteiger partial charge in [0.25, 0.3) is 0 Å². The molecule has 2 aromatic rings. The van der Waals surface area contributed by atoms with E-state index in [9.17, 15) is 0 Å². The molecule has 84 valence electrons. The quantitative estimate of drug-likeness (QED) is 0.562. The molecule has 0 spiro atoms. The lowest BCUT2D eigenvalue weighted by Crippen LogP contribution is -1.91. The van der Waals surface area contributed by atoms with Crippen LogP contribution in [0.2, 0.25) is 14.4 Å². The van der Waals surface area contributed by atoms with Crippen molar-refractivity contribution in [3.05, 3.63) is 41.7 Å². The fourth-order valence-electron chi connectivity index (χ4n) is 0.982. The smallest absolute Gasteiger partial charge is 0.147 e. The number of nitrogens with zero attached hydrogens (tertiary/aromatic N) is 1. The van der Waals surface area contributed by atoms with E-state index in [0.717, 1.165) is 10.2 Å². The molecular formula is C9H3BrCl3NS2. The van der Waals surface area contributed by atoms with E-state index in [2.05, 4.69) is 20.9 Å². The molecule has 0 atom stereocenters. The summed E-state index contributed by atoms with van der Waals surface area (Å²) >= 11 is 21.1. The summed E-state index contributed by atoms with van der Waals surface area (Å²) in [4.78, 5) is 4.41. The summed E-state index contributed by atoms with van der Waals surface area (Å²) in [6.07, 6.45) is 0. The van der Waals surface area contributed by atoms with Crippen molar-refractivity contribution in [1.82, 2.24) is 0 Å². The van der Waals surface area contributed by atoms with Gasteiger partial charge in [-0.1, -0.05) is 55.5 Å². The molecule has 0 amide bonds. The summed E-state index contributed by atoms with van der Waals surface area (Å²) in [6, 6.07) is 5.38. The summed E-state index contributed by atoms with van der Waals surface area (Å²) in [5, 5.41) is 1.16. The molecule has 0 aliphatic carbocycles. The molecule has 0 aliphatic heterocycles. The average molecular weight is 376 g/mol. The minimum Gasteiger partial charge on any atom is -0.234 e. The van der Waals surface area contributed by atoms with Gasteiger partial charge in [-0.15, -0.1) is 0 Å². The van der Waals surface area contributed by atoms with Crippen LogP contribution < -0.4 is 4.67 Å². The minimum absolute atomic E-state index is 0.499. The van der Waals surface area contributed by atoms with Gasteiger partial charge in [0, 0.05) is 9.50 Å². The minimum atomic E-state index is 0.499. The van der Waals surface area contributed by atoms with Gasteiger partial charge in [-0.3, -0.25) is 0 Å². The van der Waals surface area contributed by atoms with Gasteiger partial charge in [0.1, 0.15) is 14.0 Å². The number of hydrogen-bond acceptors (Lipinski definition) is 3. The van der Waals surface area contributed by atoms with E-state index in [-0.39, 0.29) is 0 Å². The number of halogens is 4. The van der Waals surface area contributed by atoms with Crippen LogP contribution in [0.1, 0.15) is 0 Å². The van der Waals surface area contributed by atoms with Crippen molar-refractivity contribution in [2.24, 2.45) is 4.99 Å². The Morgan fingerprint density at radius 3 is 2.44 bits per heavy atom. The van der Waals surface area contributed by atoms with Gasteiger partial charge in [0.2, 0.25) is 0 Å². The van der Waals surface area contributed by atoms with Crippen LogP contribution >= 0.6 is 71.4 Å². The second-order valence-corrected chi connectivity index (χ2v) is 7.17. The second kappa shape index (κ2) is 5.38. The summed E-state index contributed by atoms with van der Waals surface area (Å²) in [6.45, 7) is 0. The largest absolute Gasteiger partial charge is 0.234 e. The molecule has 7 heteroatoms. The third kappa shape index (κ3) is 2.81. The second-order valence-electron chi connectivity index (χ2n) is 2.77. The van der Waals surface area contributed by atoms with Crippen molar-refractivity contribution >= 4 is 77.1 Å². The third-order valence-corrected chi connectivity index (χ3v) is 6.05. The molecule has 1 aromatic carbocycles. The Hall–Kier alpha value is 0.420. The van der Waals surface area contributed by atoms with Crippen LogP contribution in [-0.2, 0) is 0 Å². The molecule has 0 fully saturated rings. The standard InChI is InChI=1S/C9H3BrCl3NS2/c10-5-3-4(11)1-2-6(5)14-9-7(12)8(13)15-16-9/h1-3H. The van der Waals surface area contributed by atoms with Crippen molar-refractivity contribution in [3.8, 4) is 0 Å². The molecule has 0 aliphatic rings. The highest BCUT2D eigenvalue weighted by molar-refractivity contribution is 9.10. The summed E-state index contributed by atoms with van der Waals surface area (Å²) in [5.74, 6) is 0. The molecule has 0 saturated carbocycles. The third-order valence-electron chi connectivity index (χ3n) is 1.69. The van der Waals surface area contributed by atoms with E-state index in [1.54, 1.807) is 12.1 Å². The highest BCUT2D eigenvalue weighted by Gasteiger charge is 2.05. The predicted octanol–water partition coefficient (Wildman–Crippen LogP) is 5.76. The topological polar surface area (TPSA) is 12.4 Å². The normalized spacial score (nSPS) is 12.1. The first-order valence-corrected chi connectivity index (χ1v) is 8.09. The lowest BCUT2D eigenvalue weighted by Gasteiger charge is -1.97. The Morgan fingerprint density at radius 2 is 1.88 bits per heavy atom. The lowest BCUT2D eigenvalue weighted by atomic mass is 10.3. The van der Waals surface area contributed by atoms with Crippen molar-refractivity contribution < 1.29 is 0 Å². The van der Waals surface area contributed by atoms with Crippen molar-refractivity contribution in [2.45, 2.75) is 0 Å². The Morgan fingerprint density at radius 1 is 1.12 bits per heavy atom. The molecule has 0 N–H and O–H groups in total. The van der Waals surface area contributed by atoms with E-state index in [1.165, 1.54) is 20.7 Å². The van der Waals surface area contributed by atoms with Crippen molar-refractivity contribution in [2.75, 3.05) is 0 Å². The first-order valence-electron chi connectivity index (χ1n) is 4.02. The van der Waals surface area contributed by atoms with Crippen LogP contribution in [0.4, 0.5) is 5.69 Å². The number of rotatable bonds is 1. The average Bonchev–Trinajstić information content (AvgIpc) is 2.54. The fraction of sp³-hybridized carbons (Fsp3) is 0. The van der Waals surface area contributed by atoms with Crippen LogP contribution in [-0.4, -0.2) is 0 Å². The van der Waals surface area contributed by atoms with Crippen LogP contribution in [0.15, 0.2) is 27.7 Å². The van der Waals surface area contributed by atoms with Gasteiger partial charge in [-0.2, -0.15) is 0 Å². The van der Waals surface area contributed by atoms with E-state index in [1.807, 2.05) is 6.07 Å². The number of hydrogen-bond donors (Lipinski definition) is 0. The van der Waals surface area contributed by atoms with E-state index < -0.39 is 0 Å². The van der Waals surface area contributed by atoms with E-state index in [4.69, 9.17) is 34.8 Å². The van der Waals surface area contributed by atoms with Gasteiger partial charge in [0.05, 0.1) is 5.69 Å². The molecule has 16 heavy (non-hydrogen) atoms. The first kappa shape index (κ1) is 12.9. The Labute approximate surface area is 123 Å². The highest BCUT2D eigenvalue weighted by Crippen LogP contribution is 2.30. The fourth-order valence-corrected chi connectivity index (χ4v) is 4.50. The molecule has 0 unspecified atom stereocenters. The van der Waals surface area contributed by atoms with Gasteiger partial charge in [-0.25, -0.2) is 4.99 Å². The van der Waals surface area contributed by atoms with Crippen LogP contribution in [0, 0.1) is 0 Å². The molecule has 0 radical (unpaired) electrons. The van der Waals surface area contributed by atoms with Crippen molar-refractivity contribution in [3.63, 3.8) is 0 Å². The van der Waals surface area contributed by atoms with Gasteiger partial charge >= 0.3 is 0 Å². The van der Waals surface area contributed by atoms with Gasteiger partial charge in [0.15, 0.2) is 0 Å². The maximum atomic E-state index is 6.00. The zero-order valence-electron chi connectivity index (χ0n) is 7.51. The zero-order chi connectivity index (χ0) is 11.7. The summed E-state index contributed by atoms with van der Waals surface area (Å²) in [7, 11) is 2.84. The van der Waals surface area contributed by atoms with Gasteiger partial charge < -0.3 is 0 Å². The van der Waals surface area contributed by atoms with Crippen LogP contribution in [0.3, 0.4) is 0 Å². The SMILES string of the molecule is Clc1ccc(N=c2ssc(Cl)c2Cl)c(Br)c1. The number of benzene rings is 1. The molecule has 0 saturated heterocycles. The van der Waals surface area contributed by atoms with Crippen LogP contribution in [0.5, 0.6) is 0 Å². The highest BCUT2D eigenvalue weighted by atomic mass is 79.9.